The lowest BCUT2D eigenvalue weighted by Crippen LogP contribution is -2.33. The summed E-state index contributed by atoms with van der Waals surface area (Å²) in [7, 11) is 0. The minimum atomic E-state index is -0.151. The van der Waals surface area contributed by atoms with E-state index in [-0.39, 0.29) is 11.8 Å². The molecule has 34 heavy (non-hydrogen) atoms. The van der Waals surface area contributed by atoms with Crippen LogP contribution in [0, 0.1) is 0 Å². The maximum absolute atomic E-state index is 12.7. The van der Waals surface area contributed by atoms with Crippen LogP contribution >= 0.6 is 11.8 Å². The van der Waals surface area contributed by atoms with Gasteiger partial charge in [-0.25, -0.2) is 0 Å². The summed E-state index contributed by atoms with van der Waals surface area (Å²) in [5.74, 6) is -0.265. The first-order valence-corrected chi connectivity index (χ1v) is 12.4. The Kier molecular flexibility index (Phi) is 6.79. The first-order chi connectivity index (χ1) is 16.7. The molecule has 0 radical (unpaired) electrons. The Morgan fingerprint density at radius 1 is 1.03 bits per heavy atom. The zero-order valence-corrected chi connectivity index (χ0v) is 19.7. The van der Waals surface area contributed by atoms with E-state index in [1.165, 1.54) is 22.9 Å². The summed E-state index contributed by atoms with van der Waals surface area (Å²) >= 11 is 1.42. The highest BCUT2D eigenvalue weighted by Gasteiger charge is 2.22. The van der Waals surface area contributed by atoms with Crippen LogP contribution in [-0.2, 0) is 17.8 Å². The third-order valence-electron chi connectivity index (χ3n) is 6.18. The number of thioether (sulfide) groups is 1. The highest BCUT2D eigenvalue weighted by Crippen LogP contribution is 2.39. The number of fused-ring (bicyclic) bond motifs is 2. The number of hydrogen-bond acceptors (Lipinski definition) is 4. The predicted octanol–water partition coefficient (Wildman–Crippen LogP) is 4.95. The third-order valence-corrected chi connectivity index (χ3v) is 7.28. The van der Waals surface area contributed by atoms with Gasteiger partial charge in [0.2, 0.25) is 0 Å². The van der Waals surface area contributed by atoms with E-state index in [4.69, 9.17) is 0 Å². The Balaban J connectivity index is 1.14. The Hall–Kier alpha value is -3.35. The molecule has 2 amide bonds. The van der Waals surface area contributed by atoms with Gasteiger partial charge in [-0.2, -0.15) is 0 Å². The number of carbonyl (C=O) groups excluding carboxylic acids is 2. The van der Waals surface area contributed by atoms with Crippen LogP contribution in [0.4, 0.5) is 5.69 Å². The van der Waals surface area contributed by atoms with Gasteiger partial charge in [-0.3, -0.25) is 14.5 Å². The number of benzene rings is 3. The van der Waals surface area contributed by atoms with Gasteiger partial charge < -0.3 is 10.6 Å². The van der Waals surface area contributed by atoms with Crippen molar-refractivity contribution in [1.29, 1.82) is 0 Å². The van der Waals surface area contributed by atoms with Crippen LogP contribution < -0.4 is 10.6 Å². The zero-order chi connectivity index (χ0) is 23.3. The second-order valence-corrected chi connectivity index (χ2v) is 9.67. The molecule has 3 aromatic carbocycles. The van der Waals surface area contributed by atoms with Gasteiger partial charge in [0.05, 0.1) is 10.6 Å². The molecule has 5 nitrogen and oxygen atoms in total. The van der Waals surface area contributed by atoms with Crippen LogP contribution in [0.1, 0.15) is 33.5 Å². The molecule has 2 aliphatic heterocycles. The van der Waals surface area contributed by atoms with Crippen molar-refractivity contribution in [2.24, 2.45) is 0 Å². The van der Waals surface area contributed by atoms with Crippen molar-refractivity contribution in [2.45, 2.75) is 24.3 Å². The van der Waals surface area contributed by atoms with Gasteiger partial charge in [0.15, 0.2) is 0 Å². The predicted molar refractivity (Wildman–Crippen MR) is 138 cm³/mol. The molecule has 0 fully saturated rings. The molecule has 2 aliphatic rings. The fraction of sp³-hybridized carbons (Fsp3) is 0.214. The van der Waals surface area contributed by atoms with Gasteiger partial charge in [0.1, 0.15) is 0 Å². The van der Waals surface area contributed by atoms with Crippen LogP contribution in [-0.4, -0.2) is 36.3 Å². The van der Waals surface area contributed by atoms with E-state index in [1.54, 1.807) is 6.07 Å². The molecule has 0 spiro atoms. The van der Waals surface area contributed by atoms with Crippen molar-refractivity contribution in [3.05, 3.63) is 100.0 Å². The summed E-state index contributed by atoms with van der Waals surface area (Å²) in [6, 6.07) is 23.9. The molecule has 5 rings (SSSR count). The van der Waals surface area contributed by atoms with Crippen molar-refractivity contribution < 1.29 is 9.59 Å². The lowest BCUT2D eigenvalue weighted by Gasteiger charge is -2.28. The summed E-state index contributed by atoms with van der Waals surface area (Å²) in [5.41, 5.74) is 5.08. The standard InChI is InChI=1S/C28H27N3O2S/c32-27(29-14-6-15-31-16-13-21-9-4-5-10-23(21)19-31)22-11-12-25-24(18-22)30-28(33)26(34-25)17-20-7-2-1-3-8-20/h1-5,7-12,17-18H,6,13-16,19H2,(H,29,32)(H,30,33)/b26-17-. The van der Waals surface area contributed by atoms with Crippen LogP contribution in [0.25, 0.3) is 6.08 Å². The van der Waals surface area contributed by atoms with Crippen LogP contribution in [0.3, 0.4) is 0 Å². The van der Waals surface area contributed by atoms with Crippen molar-refractivity contribution in [3.63, 3.8) is 0 Å². The molecule has 3 aromatic rings. The first kappa shape index (κ1) is 22.4. The second kappa shape index (κ2) is 10.3. The second-order valence-electron chi connectivity index (χ2n) is 8.59. The van der Waals surface area contributed by atoms with Gasteiger partial charge in [-0.05, 0) is 53.8 Å². The number of rotatable bonds is 6. The first-order valence-electron chi connectivity index (χ1n) is 11.6. The molecule has 0 aromatic heterocycles. The quantitative estimate of drug-likeness (QED) is 0.396. The monoisotopic (exact) mass is 469 g/mol. The summed E-state index contributed by atoms with van der Waals surface area (Å²) in [4.78, 5) is 29.3. The van der Waals surface area contributed by atoms with Gasteiger partial charge in [-0.15, -0.1) is 0 Å². The number of carbonyl (C=O) groups is 2. The normalized spacial score (nSPS) is 16.5. The maximum Gasteiger partial charge on any atom is 0.262 e. The molecule has 0 bridgehead atoms. The lowest BCUT2D eigenvalue weighted by atomic mass is 10.00. The Labute approximate surface area is 204 Å². The molecule has 0 aliphatic carbocycles. The Bertz CT molecular complexity index is 1240. The minimum absolute atomic E-state index is 0.114. The number of anilines is 1. The maximum atomic E-state index is 12.7. The molecule has 2 heterocycles. The fourth-order valence-corrected chi connectivity index (χ4v) is 5.29. The topological polar surface area (TPSA) is 61.4 Å². The summed E-state index contributed by atoms with van der Waals surface area (Å²) in [6.07, 6.45) is 3.87. The van der Waals surface area contributed by atoms with Crippen molar-refractivity contribution in [3.8, 4) is 0 Å². The van der Waals surface area contributed by atoms with E-state index >= 15 is 0 Å². The van der Waals surface area contributed by atoms with E-state index in [1.807, 2.05) is 48.5 Å². The number of amides is 2. The van der Waals surface area contributed by atoms with E-state index in [0.29, 0.717) is 22.7 Å². The van der Waals surface area contributed by atoms with Gasteiger partial charge in [0, 0.05) is 36.6 Å². The van der Waals surface area contributed by atoms with Crippen LogP contribution in [0.5, 0.6) is 0 Å². The van der Waals surface area contributed by atoms with Crippen molar-refractivity contribution >= 4 is 35.3 Å². The smallest absolute Gasteiger partial charge is 0.262 e. The molecule has 0 saturated carbocycles. The van der Waals surface area contributed by atoms with Crippen molar-refractivity contribution in [2.75, 3.05) is 25.0 Å². The van der Waals surface area contributed by atoms with Crippen LogP contribution in [0.2, 0.25) is 0 Å². The minimum Gasteiger partial charge on any atom is -0.352 e. The molecule has 0 unspecified atom stereocenters. The Morgan fingerprint density at radius 3 is 2.68 bits per heavy atom. The van der Waals surface area contributed by atoms with E-state index in [9.17, 15) is 9.59 Å². The molecule has 0 atom stereocenters. The van der Waals surface area contributed by atoms with E-state index in [0.717, 1.165) is 42.9 Å². The third kappa shape index (κ3) is 5.24. The van der Waals surface area contributed by atoms with Crippen LogP contribution in [0.15, 0.2) is 82.6 Å². The number of hydrogen-bond donors (Lipinski definition) is 2. The molecule has 2 N–H and O–H groups in total. The molecular formula is C28H27N3O2S. The van der Waals surface area contributed by atoms with E-state index < -0.39 is 0 Å². The van der Waals surface area contributed by atoms with Gasteiger partial charge >= 0.3 is 0 Å². The number of nitrogens with one attached hydrogen (secondary N) is 2. The average Bonchev–Trinajstić information content (AvgIpc) is 2.87. The van der Waals surface area contributed by atoms with Gasteiger partial charge in [0.25, 0.3) is 11.8 Å². The summed E-state index contributed by atoms with van der Waals surface area (Å²) < 4.78 is 0. The SMILES string of the molecule is O=C1Nc2cc(C(=O)NCCCN3CCc4ccccc4C3)ccc2S/C1=C\c1ccccc1. The average molecular weight is 470 g/mol. The molecule has 6 heteroatoms. The highest BCUT2D eigenvalue weighted by atomic mass is 32.2. The number of nitrogens with zero attached hydrogens (tertiary/aromatic N) is 1. The summed E-state index contributed by atoms with van der Waals surface area (Å²) in [6.45, 7) is 3.63. The Morgan fingerprint density at radius 2 is 1.82 bits per heavy atom. The van der Waals surface area contributed by atoms with Crippen molar-refractivity contribution in [1.82, 2.24) is 10.2 Å². The zero-order valence-electron chi connectivity index (χ0n) is 18.9. The molecular weight excluding hydrogens is 442 g/mol. The molecule has 0 saturated heterocycles. The largest absolute Gasteiger partial charge is 0.352 e. The lowest BCUT2D eigenvalue weighted by molar-refractivity contribution is -0.112. The molecule has 172 valence electrons. The highest BCUT2D eigenvalue weighted by molar-refractivity contribution is 8.04. The van der Waals surface area contributed by atoms with E-state index in [2.05, 4.69) is 39.8 Å². The van der Waals surface area contributed by atoms with Gasteiger partial charge in [-0.1, -0.05) is 66.4 Å². The summed E-state index contributed by atoms with van der Waals surface area (Å²) in [5, 5.41) is 5.95. The fourth-order valence-electron chi connectivity index (χ4n) is 4.35.